The van der Waals surface area contributed by atoms with Gasteiger partial charge in [0, 0.05) is 6.42 Å². The molecule has 3 aromatic rings. The second-order valence-electron chi connectivity index (χ2n) is 5.46. The van der Waals surface area contributed by atoms with Crippen molar-refractivity contribution >= 4 is 11.6 Å². The van der Waals surface area contributed by atoms with Crippen LogP contribution in [0.5, 0.6) is 5.75 Å². The molecule has 1 amide bonds. The molecule has 4 rings (SSSR count). The van der Waals surface area contributed by atoms with Crippen molar-refractivity contribution in [3.63, 3.8) is 0 Å². The fourth-order valence-electron chi connectivity index (χ4n) is 2.74. The van der Waals surface area contributed by atoms with E-state index >= 15 is 0 Å². The number of nitrogens with zero attached hydrogens (tertiary/aromatic N) is 2. The monoisotopic (exact) mass is 322 g/mol. The number of hydrogen-bond donors (Lipinski definition) is 1. The fourth-order valence-corrected chi connectivity index (χ4v) is 2.74. The van der Waals surface area contributed by atoms with E-state index in [2.05, 4.69) is 5.10 Å². The molecule has 0 aliphatic carbocycles. The summed E-state index contributed by atoms with van der Waals surface area (Å²) in [6, 6.07) is 13.3. The van der Waals surface area contributed by atoms with Crippen LogP contribution in [-0.2, 0) is 0 Å². The molecule has 3 heterocycles. The van der Waals surface area contributed by atoms with Gasteiger partial charge < -0.3 is 13.9 Å². The zero-order valence-corrected chi connectivity index (χ0v) is 12.6. The summed E-state index contributed by atoms with van der Waals surface area (Å²) >= 11 is 0. The predicted molar refractivity (Wildman–Crippen MR) is 85.6 cm³/mol. The van der Waals surface area contributed by atoms with Gasteiger partial charge in [-0.25, -0.2) is 5.01 Å². The van der Waals surface area contributed by atoms with Gasteiger partial charge in [-0.15, -0.1) is 0 Å². The number of rotatable bonds is 3. The average molecular weight is 322 g/mol. The lowest BCUT2D eigenvalue weighted by atomic mass is 10.0. The molecule has 1 atom stereocenters. The maximum Gasteiger partial charge on any atom is 0.310 e. The minimum absolute atomic E-state index is 0.184. The highest BCUT2D eigenvalue weighted by Gasteiger charge is 2.36. The number of benzene rings is 1. The van der Waals surface area contributed by atoms with Crippen LogP contribution in [0.25, 0.3) is 0 Å². The maximum atomic E-state index is 12.7. The highest BCUT2D eigenvalue weighted by molar-refractivity contribution is 6.04. The lowest BCUT2D eigenvalue weighted by Crippen LogP contribution is -2.26. The van der Waals surface area contributed by atoms with Crippen molar-refractivity contribution in [2.45, 2.75) is 12.5 Å². The summed E-state index contributed by atoms with van der Waals surface area (Å²) in [5.74, 6) is 0.744. The molecule has 0 spiro atoms. The van der Waals surface area contributed by atoms with Gasteiger partial charge in [-0.1, -0.05) is 0 Å². The van der Waals surface area contributed by atoms with E-state index in [9.17, 15) is 9.90 Å². The summed E-state index contributed by atoms with van der Waals surface area (Å²) in [4.78, 5) is 12.7. The summed E-state index contributed by atoms with van der Waals surface area (Å²) in [6.07, 6.45) is 3.55. The van der Waals surface area contributed by atoms with E-state index in [1.807, 2.05) is 6.07 Å². The van der Waals surface area contributed by atoms with E-state index in [1.165, 1.54) is 11.3 Å². The largest absolute Gasteiger partial charge is 0.508 e. The average Bonchev–Trinajstić information content (AvgIpc) is 3.34. The molecule has 0 fully saturated rings. The number of hydrogen-bond acceptors (Lipinski definition) is 5. The van der Waals surface area contributed by atoms with Gasteiger partial charge in [0.05, 0.1) is 18.2 Å². The molecular weight excluding hydrogens is 308 g/mol. The highest BCUT2D eigenvalue weighted by Crippen LogP contribution is 2.34. The first kappa shape index (κ1) is 14.3. The van der Waals surface area contributed by atoms with E-state index in [0.29, 0.717) is 12.2 Å². The van der Waals surface area contributed by atoms with E-state index in [1.54, 1.807) is 48.7 Å². The van der Waals surface area contributed by atoms with Crippen LogP contribution in [0.2, 0.25) is 0 Å². The zero-order chi connectivity index (χ0) is 16.5. The molecule has 6 nitrogen and oxygen atoms in total. The quantitative estimate of drug-likeness (QED) is 0.799. The van der Waals surface area contributed by atoms with Crippen LogP contribution in [0.4, 0.5) is 0 Å². The van der Waals surface area contributed by atoms with Crippen molar-refractivity contribution < 1.29 is 18.7 Å². The van der Waals surface area contributed by atoms with Gasteiger partial charge in [0.2, 0.25) is 0 Å². The topological polar surface area (TPSA) is 79.2 Å². The molecule has 1 N–H and O–H groups in total. The molecule has 1 aliphatic heterocycles. The van der Waals surface area contributed by atoms with Crippen molar-refractivity contribution in [2.75, 3.05) is 0 Å². The Kier molecular flexibility index (Phi) is 3.42. The van der Waals surface area contributed by atoms with Crippen molar-refractivity contribution in [3.05, 3.63) is 78.1 Å². The number of carbonyl (C=O) groups is 1. The van der Waals surface area contributed by atoms with Crippen LogP contribution in [0.3, 0.4) is 0 Å². The van der Waals surface area contributed by atoms with Crippen LogP contribution in [0.1, 0.15) is 34.3 Å². The Balaban J connectivity index is 1.71. The number of phenolic OH excluding ortho intramolecular Hbond substituents is 1. The van der Waals surface area contributed by atoms with Gasteiger partial charge in [-0.05, 0) is 54.1 Å². The number of aromatic hydroxyl groups is 1. The Hall–Kier alpha value is -3.28. The summed E-state index contributed by atoms with van der Waals surface area (Å²) in [5.41, 5.74) is 1.59. The Morgan fingerprint density at radius 2 is 1.83 bits per heavy atom. The third kappa shape index (κ3) is 2.48. The molecule has 0 radical (unpaired) electrons. The Morgan fingerprint density at radius 1 is 1.08 bits per heavy atom. The number of amides is 1. The second-order valence-corrected chi connectivity index (χ2v) is 5.46. The Morgan fingerprint density at radius 3 is 2.50 bits per heavy atom. The smallest absolute Gasteiger partial charge is 0.310 e. The van der Waals surface area contributed by atoms with Crippen molar-refractivity contribution in [1.29, 1.82) is 0 Å². The molecule has 1 unspecified atom stereocenters. The number of carbonyl (C=O) groups excluding carboxylic acids is 1. The van der Waals surface area contributed by atoms with Gasteiger partial charge in [0.15, 0.2) is 5.76 Å². The summed E-state index contributed by atoms with van der Waals surface area (Å²) in [7, 11) is 0. The standard InChI is InChI=1S/C18H14N2O4/c21-13-7-5-12(6-8-13)14-11-15(16-3-1-9-23-16)20(19-14)18(22)17-4-2-10-24-17/h1-10,15,21H,11H2. The van der Waals surface area contributed by atoms with Gasteiger partial charge in [0.1, 0.15) is 17.6 Å². The summed E-state index contributed by atoms with van der Waals surface area (Å²) in [6.45, 7) is 0. The molecule has 0 bridgehead atoms. The number of furan rings is 2. The van der Waals surface area contributed by atoms with Crippen molar-refractivity contribution in [1.82, 2.24) is 5.01 Å². The number of phenols is 1. The van der Waals surface area contributed by atoms with Crippen LogP contribution in [-0.4, -0.2) is 21.7 Å². The molecule has 0 saturated heterocycles. The highest BCUT2D eigenvalue weighted by atomic mass is 16.3. The van der Waals surface area contributed by atoms with Crippen LogP contribution in [0, 0.1) is 0 Å². The summed E-state index contributed by atoms with van der Waals surface area (Å²) in [5, 5.41) is 15.3. The maximum absolute atomic E-state index is 12.7. The lowest BCUT2D eigenvalue weighted by Gasteiger charge is -2.18. The zero-order valence-electron chi connectivity index (χ0n) is 12.6. The molecule has 1 aromatic carbocycles. The molecular formula is C18H14N2O4. The minimum atomic E-state index is -0.332. The summed E-state index contributed by atoms with van der Waals surface area (Å²) < 4.78 is 10.7. The van der Waals surface area contributed by atoms with Crippen LogP contribution < -0.4 is 0 Å². The Bertz CT molecular complexity index is 864. The molecule has 0 saturated carbocycles. The first-order chi connectivity index (χ1) is 11.7. The molecule has 2 aromatic heterocycles. The third-order valence-corrected chi connectivity index (χ3v) is 3.92. The number of hydrazone groups is 1. The third-order valence-electron chi connectivity index (χ3n) is 3.92. The van der Waals surface area contributed by atoms with Crippen LogP contribution in [0.15, 0.2) is 75.0 Å². The normalized spacial score (nSPS) is 17.1. The SMILES string of the molecule is O=C(c1ccco1)N1N=C(c2ccc(O)cc2)CC1c1ccco1. The molecule has 1 aliphatic rings. The van der Waals surface area contributed by atoms with E-state index in [4.69, 9.17) is 8.83 Å². The first-order valence-corrected chi connectivity index (χ1v) is 7.50. The Labute approximate surface area is 137 Å². The first-order valence-electron chi connectivity index (χ1n) is 7.50. The second kappa shape index (κ2) is 5.73. The van der Waals surface area contributed by atoms with Gasteiger partial charge in [-0.3, -0.25) is 4.79 Å². The lowest BCUT2D eigenvalue weighted by molar-refractivity contribution is 0.0660. The molecule has 6 heteroatoms. The fraction of sp³-hybridized carbons (Fsp3) is 0.111. The van der Waals surface area contributed by atoms with Gasteiger partial charge in [0.25, 0.3) is 0 Å². The predicted octanol–water partition coefficient (Wildman–Crippen LogP) is 3.57. The van der Waals surface area contributed by atoms with Crippen LogP contribution >= 0.6 is 0 Å². The van der Waals surface area contributed by atoms with Gasteiger partial charge >= 0.3 is 5.91 Å². The molecule has 120 valence electrons. The van der Waals surface area contributed by atoms with Gasteiger partial charge in [-0.2, -0.15) is 5.10 Å². The van der Waals surface area contributed by atoms with E-state index in [-0.39, 0.29) is 23.5 Å². The minimum Gasteiger partial charge on any atom is -0.508 e. The van der Waals surface area contributed by atoms with E-state index < -0.39 is 0 Å². The van der Waals surface area contributed by atoms with E-state index in [0.717, 1.165) is 11.3 Å². The molecule has 24 heavy (non-hydrogen) atoms. The van der Waals surface area contributed by atoms with Crippen molar-refractivity contribution in [3.8, 4) is 5.75 Å². The van der Waals surface area contributed by atoms with Crippen molar-refractivity contribution in [2.24, 2.45) is 5.10 Å².